The SMILES string of the molecule is CCc1ccc(CN2C(=O)COc3cc(N)ccc32)s1. The molecule has 1 amide bonds. The molecule has 0 aliphatic carbocycles. The lowest BCUT2D eigenvalue weighted by atomic mass is 10.2. The molecule has 0 fully saturated rings. The van der Waals surface area contributed by atoms with Crippen molar-refractivity contribution < 1.29 is 9.53 Å². The van der Waals surface area contributed by atoms with Gasteiger partial charge >= 0.3 is 0 Å². The molecule has 2 heterocycles. The monoisotopic (exact) mass is 288 g/mol. The summed E-state index contributed by atoms with van der Waals surface area (Å²) >= 11 is 1.75. The third kappa shape index (κ3) is 2.36. The summed E-state index contributed by atoms with van der Waals surface area (Å²) in [6.45, 7) is 2.79. The van der Waals surface area contributed by atoms with Crippen molar-refractivity contribution in [2.24, 2.45) is 0 Å². The molecule has 20 heavy (non-hydrogen) atoms. The highest BCUT2D eigenvalue weighted by atomic mass is 32.1. The van der Waals surface area contributed by atoms with E-state index in [2.05, 4.69) is 19.1 Å². The van der Waals surface area contributed by atoms with Gasteiger partial charge in [-0.2, -0.15) is 0 Å². The first-order valence-electron chi connectivity index (χ1n) is 6.57. The molecule has 1 aromatic heterocycles. The Kier molecular flexibility index (Phi) is 3.36. The zero-order chi connectivity index (χ0) is 14.1. The van der Waals surface area contributed by atoms with Crippen LogP contribution in [-0.2, 0) is 17.8 Å². The van der Waals surface area contributed by atoms with E-state index in [0.717, 1.165) is 12.1 Å². The first-order chi connectivity index (χ1) is 9.67. The summed E-state index contributed by atoms with van der Waals surface area (Å²) in [6.07, 6.45) is 1.02. The number of nitrogens with two attached hydrogens (primary N) is 1. The Morgan fingerprint density at radius 2 is 2.10 bits per heavy atom. The lowest BCUT2D eigenvalue weighted by Crippen LogP contribution is -2.38. The Hall–Kier alpha value is -2.01. The first-order valence-corrected chi connectivity index (χ1v) is 7.39. The maximum Gasteiger partial charge on any atom is 0.265 e. The van der Waals surface area contributed by atoms with Gasteiger partial charge in [0.25, 0.3) is 5.91 Å². The van der Waals surface area contributed by atoms with Crippen LogP contribution in [0.5, 0.6) is 5.75 Å². The number of fused-ring (bicyclic) bond motifs is 1. The fourth-order valence-electron chi connectivity index (χ4n) is 2.25. The number of nitrogens with zero attached hydrogens (tertiary/aromatic N) is 1. The smallest absolute Gasteiger partial charge is 0.265 e. The molecule has 0 saturated heterocycles. The minimum atomic E-state index is -0.0197. The van der Waals surface area contributed by atoms with Gasteiger partial charge in [0.2, 0.25) is 0 Å². The topological polar surface area (TPSA) is 55.6 Å². The highest BCUT2D eigenvalue weighted by Gasteiger charge is 2.26. The third-order valence-electron chi connectivity index (χ3n) is 3.31. The molecule has 0 saturated carbocycles. The minimum Gasteiger partial charge on any atom is -0.481 e. The van der Waals surface area contributed by atoms with Gasteiger partial charge in [0.15, 0.2) is 6.61 Å². The predicted octanol–water partition coefficient (Wildman–Crippen LogP) is 2.82. The largest absolute Gasteiger partial charge is 0.481 e. The van der Waals surface area contributed by atoms with E-state index >= 15 is 0 Å². The zero-order valence-corrected chi connectivity index (χ0v) is 12.1. The average Bonchev–Trinajstić information content (AvgIpc) is 2.90. The second kappa shape index (κ2) is 5.17. The summed E-state index contributed by atoms with van der Waals surface area (Å²) in [4.78, 5) is 16.4. The van der Waals surface area contributed by atoms with Gasteiger partial charge in [-0.1, -0.05) is 6.92 Å². The van der Waals surface area contributed by atoms with Crippen LogP contribution in [0.1, 0.15) is 16.7 Å². The van der Waals surface area contributed by atoms with Crippen molar-refractivity contribution in [1.82, 2.24) is 0 Å². The van der Waals surface area contributed by atoms with E-state index in [0.29, 0.717) is 18.0 Å². The van der Waals surface area contributed by atoms with Gasteiger partial charge in [0.1, 0.15) is 5.75 Å². The van der Waals surface area contributed by atoms with Gasteiger partial charge in [0.05, 0.1) is 12.2 Å². The van der Waals surface area contributed by atoms with Crippen LogP contribution in [0.25, 0.3) is 0 Å². The summed E-state index contributed by atoms with van der Waals surface area (Å²) in [7, 11) is 0. The second-order valence-electron chi connectivity index (χ2n) is 4.72. The summed E-state index contributed by atoms with van der Waals surface area (Å²) in [5.41, 5.74) is 7.19. The van der Waals surface area contributed by atoms with Crippen LogP contribution in [-0.4, -0.2) is 12.5 Å². The Labute approximate surface area is 121 Å². The molecule has 0 radical (unpaired) electrons. The van der Waals surface area contributed by atoms with Crippen molar-refractivity contribution in [1.29, 1.82) is 0 Å². The van der Waals surface area contributed by atoms with Crippen LogP contribution in [0, 0.1) is 0 Å². The van der Waals surface area contributed by atoms with E-state index in [1.807, 2.05) is 6.07 Å². The molecule has 0 unspecified atom stereocenters. The number of nitrogen functional groups attached to an aromatic ring is 1. The maximum absolute atomic E-state index is 12.1. The normalized spacial score (nSPS) is 14.1. The zero-order valence-electron chi connectivity index (χ0n) is 11.3. The molecule has 5 heteroatoms. The highest BCUT2D eigenvalue weighted by Crippen LogP contribution is 2.35. The van der Waals surface area contributed by atoms with Crippen molar-refractivity contribution in [2.75, 3.05) is 17.2 Å². The van der Waals surface area contributed by atoms with Crippen molar-refractivity contribution in [3.8, 4) is 5.75 Å². The Bertz CT molecular complexity index is 651. The maximum atomic E-state index is 12.1. The fraction of sp³-hybridized carbons (Fsp3) is 0.267. The molecule has 1 aliphatic heterocycles. The Morgan fingerprint density at radius 3 is 2.85 bits per heavy atom. The quantitative estimate of drug-likeness (QED) is 0.884. The van der Waals surface area contributed by atoms with E-state index in [-0.39, 0.29) is 12.5 Å². The predicted molar refractivity (Wildman–Crippen MR) is 81.2 cm³/mol. The highest BCUT2D eigenvalue weighted by molar-refractivity contribution is 7.12. The molecular formula is C15H16N2O2S. The summed E-state index contributed by atoms with van der Waals surface area (Å²) in [6, 6.07) is 9.61. The van der Waals surface area contributed by atoms with Crippen molar-refractivity contribution in [3.05, 3.63) is 40.1 Å². The van der Waals surface area contributed by atoms with E-state index < -0.39 is 0 Å². The van der Waals surface area contributed by atoms with Crippen LogP contribution in [0.2, 0.25) is 0 Å². The molecule has 1 aliphatic rings. The lowest BCUT2D eigenvalue weighted by molar-refractivity contribution is -0.121. The number of carbonyl (C=O) groups is 1. The molecule has 0 atom stereocenters. The lowest BCUT2D eigenvalue weighted by Gasteiger charge is -2.29. The van der Waals surface area contributed by atoms with Crippen LogP contribution in [0.3, 0.4) is 0 Å². The summed E-state index contributed by atoms with van der Waals surface area (Å²) < 4.78 is 5.44. The average molecular weight is 288 g/mol. The third-order valence-corrected chi connectivity index (χ3v) is 4.52. The standard InChI is InChI=1S/C15H16N2O2S/c1-2-11-4-5-12(20-11)8-17-13-6-3-10(16)7-14(13)19-9-15(17)18/h3-7H,2,8-9,16H2,1H3. The van der Waals surface area contributed by atoms with Crippen molar-refractivity contribution in [3.63, 3.8) is 0 Å². The van der Waals surface area contributed by atoms with E-state index in [1.165, 1.54) is 9.75 Å². The van der Waals surface area contributed by atoms with Gasteiger partial charge in [-0.3, -0.25) is 4.79 Å². The Morgan fingerprint density at radius 1 is 1.30 bits per heavy atom. The van der Waals surface area contributed by atoms with Gasteiger partial charge in [0, 0.05) is 21.5 Å². The first kappa shape index (κ1) is 13.0. The number of anilines is 2. The van der Waals surface area contributed by atoms with Crippen molar-refractivity contribution >= 4 is 28.6 Å². The summed E-state index contributed by atoms with van der Waals surface area (Å²) in [5.74, 6) is 0.658. The number of rotatable bonds is 3. The number of amides is 1. The molecule has 2 aromatic rings. The van der Waals surface area contributed by atoms with E-state index in [1.54, 1.807) is 28.4 Å². The molecule has 104 valence electrons. The Balaban J connectivity index is 1.90. The van der Waals surface area contributed by atoms with Crippen LogP contribution >= 0.6 is 11.3 Å². The molecule has 1 aromatic carbocycles. The molecule has 3 rings (SSSR count). The fourth-order valence-corrected chi connectivity index (χ4v) is 3.19. The molecular weight excluding hydrogens is 272 g/mol. The van der Waals surface area contributed by atoms with Gasteiger partial charge in [-0.05, 0) is 30.7 Å². The van der Waals surface area contributed by atoms with E-state index in [4.69, 9.17) is 10.5 Å². The van der Waals surface area contributed by atoms with Gasteiger partial charge in [-0.25, -0.2) is 0 Å². The number of aryl methyl sites for hydroxylation is 1. The van der Waals surface area contributed by atoms with Crippen molar-refractivity contribution in [2.45, 2.75) is 19.9 Å². The number of hydrogen-bond acceptors (Lipinski definition) is 4. The van der Waals surface area contributed by atoms with Crippen LogP contribution in [0.4, 0.5) is 11.4 Å². The minimum absolute atomic E-state index is 0.0197. The second-order valence-corrected chi connectivity index (χ2v) is 5.97. The molecule has 4 nitrogen and oxygen atoms in total. The van der Waals surface area contributed by atoms with Gasteiger partial charge < -0.3 is 15.4 Å². The molecule has 0 bridgehead atoms. The summed E-state index contributed by atoms with van der Waals surface area (Å²) in [5, 5.41) is 0. The number of carbonyl (C=O) groups excluding carboxylic acids is 1. The van der Waals surface area contributed by atoms with E-state index in [9.17, 15) is 4.79 Å². The number of ether oxygens (including phenoxy) is 1. The molecule has 0 spiro atoms. The van der Waals surface area contributed by atoms with Crippen LogP contribution in [0.15, 0.2) is 30.3 Å². The van der Waals surface area contributed by atoms with Gasteiger partial charge in [-0.15, -0.1) is 11.3 Å². The number of thiophene rings is 1. The number of benzene rings is 1. The number of hydrogen-bond donors (Lipinski definition) is 1. The van der Waals surface area contributed by atoms with Crippen LogP contribution < -0.4 is 15.4 Å². The molecule has 2 N–H and O–H groups in total.